The SMILES string of the molecule is CCCCCCCCC1C=CC=c2[nH]c3c(c21)C(Oc1ccc(C(=O)OC)o1)CCC=3. The molecule has 166 valence electrons. The second-order valence-electron chi connectivity index (χ2n) is 8.49. The number of H-pyrrole nitrogens is 1. The first kappa shape index (κ1) is 21.5. The Bertz CT molecular complexity index is 1040. The van der Waals surface area contributed by atoms with Crippen LogP contribution < -0.4 is 15.4 Å². The Hall–Kier alpha value is -2.69. The summed E-state index contributed by atoms with van der Waals surface area (Å²) in [4.78, 5) is 15.3. The maximum Gasteiger partial charge on any atom is 0.374 e. The second kappa shape index (κ2) is 10.1. The number of rotatable bonds is 10. The quantitative estimate of drug-likeness (QED) is 0.417. The van der Waals surface area contributed by atoms with E-state index in [1.165, 1.54) is 62.1 Å². The van der Waals surface area contributed by atoms with Crippen molar-refractivity contribution in [2.45, 2.75) is 76.7 Å². The first-order chi connectivity index (χ1) is 15.2. The van der Waals surface area contributed by atoms with Crippen LogP contribution >= 0.6 is 0 Å². The Morgan fingerprint density at radius 1 is 1.13 bits per heavy atom. The van der Waals surface area contributed by atoms with E-state index in [2.05, 4.69) is 36.2 Å². The smallest absolute Gasteiger partial charge is 0.374 e. The van der Waals surface area contributed by atoms with Crippen LogP contribution in [0.4, 0.5) is 0 Å². The van der Waals surface area contributed by atoms with Crippen molar-refractivity contribution in [3.05, 3.63) is 51.9 Å². The fourth-order valence-electron chi connectivity index (χ4n) is 4.75. The number of ether oxygens (including phenoxy) is 2. The highest BCUT2D eigenvalue weighted by atomic mass is 16.6. The number of aromatic amines is 1. The van der Waals surface area contributed by atoms with Gasteiger partial charge in [-0.05, 0) is 37.0 Å². The number of nitrogens with one attached hydrogen (secondary N) is 1. The zero-order valence-corrected chi connectivity index (χ0v) is 18.6. The van der Waals surface area contributed by atoms with Crippen molar-refractivity contribution >= 4 is 18.1 Å². The molecular weight excluding hydrogens is 390 g/mol. The van der Waals surface area contributed by atoms with Crippen LogP contribution in [0.1, 0.15) is 98.4 Å². The molecule has 2 aromatic heterocycles. The maximum absolute atomic E-state index is 11.7. The molecule has 2 aliphatic rings. The molecule has 0 saturated heterocycles. The largest absolute Gasteiger partial charge is 0.463 e. The zero-order chi connectivity index (χ0) is 21.6. The molecule has 0 aromatic carbocycles. The zero-order valence-electron chi connectivity index (χ0n) is 18.6. The van der Waals surface area contributed by atoms with Gasteiger partial charge in [0.05, 0.1) is 7.11 Å². The average molecular weight is 424 g/mol. The second-order valence-corrected chi connectivity index (χ2v) is 8.49. The van der Waals surface area contributed by atoms with Crippen LogP contribution in [0.25, 0.3) is 12.2 Å². The van der Waals surface area contributed by atoms with Crippen molar-refractivity contribution in [3.63, 3.8) is 0 Å². The molecule has 0 amide bonds. The molecule has 2 atom stereocenters. The topological polar surface area (TPSA) is 64.5 Å². The van der Waals surface area contributed by atoms with Crippen LogP contribution in [0.15, 0.2) is 28.7 Å². The summed E-state index contributed by atoms with van der Waals surface area (Å²) in [5, 5.41) is 2.36. The molecule has 2 heterocycles. The molecule has 0 radical (unpaired) electrons. The van der Waals surface area contributed by atoms with E-state index in [0.717, 1.165) is 24.6 Å². The van der Waals surface area contributed by atoms with Crippen molar-refractivity contribution in [1.29, 1.82) is 0 Å². The molecule has 0 aliphatic heterocycles. The molecule has 0 fully saturated rings. The molecule has 5 heteroatoms. The lowest BCUT2D eigenvalue weighted by Crippen LogP contribution is -2.22. The van der Waals surface area contributed by atoms with E-state index in [0.29, 0.717) is 11.9 Å². The summed E-state index contributed by atoms with van der Waals surface area (Å²) in [6.45, 7) is 2.26. The van der Waals surface area contributed by atoms with Crippen LogP contribution in [-0.2, 0) is 4.74 Å². The number of hydrogen-bond donors (Lipinski definition) is 1. The van der Waals surface area contributed by atoms with Gasteiger partial charge in [0.2, 0.25) is 5.76 Å². The third kappa shape index (κ3) is 4.81. The minimum Gasteiger partial charge on any atom is -0.463 e. The normalized spacial score (nSPS) is 19.2. The van der Waals surface area contributed by atoms with Crippen molar-refractivity contribution in [3.8, 4) is 5.95 Å². The van der Waals surface area contributed by atoms with Gasteiger partial charge in [-0.3, -0.25) is 0 Å². The Morgan fingerprint density at radius 2 is 1.97 bits per heavy atom. The summed E-state index contributed by atoms with van der Waals surface area (Å²) in [6.07, 6.45) is 19.7. The van der Waals surface area contributed by atoms with Gasteiger partial charge in [-0.1, -0.05) is 63.7 Å². The van der Waals surface area contributed by atoms with Crippen LogP contribution in [0, 0.1) is 0 Å². The predicted molar refractivity (Wildman–Crippen MR) is 121 cm³/mol. The lowest BCUT2D eigenvalue weighted by atomic mass is 9.85. The lowest BCUT2D eigenvalue weighted by molar-refractivity contribution is 0.0548. The van der Waals surface area contributed by atoms with E-state index in [1.807, 2.05) is 0 Å². The molecule has 1 N–H and O–H groups in total. The molecule has 31 heavy (non-hydrogen) atoms. The predicted octanol–water partition coefficient (Wildman–Crippen LogP) is 5.27. The van der Waals surface area contributed by atoms with Crippen molar-refractivity contribution in [2.24, 2.45) is 0 Å². The highest BCUT2D eigenvalue weighted by Gasteiger charge is 2.29. The molecule has 4 rings (SSSR count). The van der Waals surface area contributed by atoms with Gasteiger partial charge in [0.25, 0.3) is 5.95 Å². The van der Waals surface area contributed by atoms with Crippen molar-refractivity contribution in [1.82, 2.24) is 4.98 Å². The van der Waals surface area contributed by atoms with Gasteiger partial charge in [-0.2, -0.15) is 0 Å². The summed E-state index contributed by atoms with van der Waals surface area (Å²) in [6, 6.07) is 3.30. The van der Waals surface area contributed by atoms with Gasteiger partial charge in [0, 0.05) is 28.2 Å². The van der Waals surface area contributed by atoms with Gasteiger partial charge in [-0.25, -0.2) is 4.79 Å². The van der Waals surface area contributed by atoms with Gasteiger partial charge in [0.15, 0.2) is 0 Å². The third-order valence-electron chi connectivity index (χ3n) is 6.31. The van der Waals surface area contributed by atoms with Gasteiger partial charge < -0.3 is 18.9 Å². The van der Waals surface area contributed by atoms with E-state index in [1.54, 1.807) is 12.1 Å². The van der Waals surface area contributed by atoms with E-state index in [9.17, 15) is 4.79 Å². The first-order valence-corrected chi connectivity index (χ1v) is 11.7. The first-order valence-electron chi connectivity index (χ1n) is 11.7. The minimum atomic E-state index is -0.495. The van der Waals surface area contributed by atoms with E-state index < -0.39 is 5.97 Å². The van der Waals surface area contributed by atoms with Gasteiger partial charge in [0.1, 0.15) is 6.10 Å². The number of carbonyl (C=O) groups is 1. The van der Waals surface area contributed by atoms with Crippen LogP contribution in [0.2, 0.25) is 0 Å². The number of fused-ring (bicyclic) bond motifs is 3. The third-order valence-corrected chi connectivity index (χ3v) is 6.31. The van der Waals surface area contributed by atoms with Crippen molar-refractivity contribution in [2.75, 3.05) is 7.11 Å². The minimum absolute atomic E-state index is 0.0939. The van der Waals surface area contributed by atoms with E-state index in [-0.39, 0.29) is 11.9 Å². The molecule has 0 saturated carbocycles. The number of furan rings is 1. The molecule has 2 aliphatic carbocycles. The lowest BCUT2D eigenvalue weighted by Gasteiger charge is -2.24. The number of hydrogen-bond acceptors (Lipinski definition) is 4. The number of methoxy groups -OCH3 is 1. The standard InChI is InChI=1S/C26H33NO4/c1-3-4-5-6-7-8-11-18-12-9-13-19-24(18)25-20(27-19)14-10-15-21(25)30-23-17-16-22(31-23)26(28)29-2/h9,12-14,16-18,21,27H,3-8,10-11,15H2,1-2H3. The Kier molecular flexibility index (Phi) is 7.00. The van der Waals surface area contributed by atoms with Crippen LogP contribution in [0.5, 0.6) is 5.95 Å². The fraction of sp³-hybridized carbons (Fsp3) is 0.500. The Morgan fingerprint density at radius 3 is 2.81 bits per heavy atom. The van der Waals surface area contributed by atoms with Gasteiger partial charge >= 0.3 is 5.97 Å². The molecule has 0 bridgehead atoms. The average Bonchev–Trinajstić information content (AvgIpc) is 3.41. The van der Waals surface area contributed by atoms with E-state index >= 15 is 0 Å². The Balaban J connectivity index is 1.51. The molecular formula is C26H33NO4. The van der Waals surface area contributed by atoms with Crippen LogP contribution in [-0.4, -0.2) is 18.1 Å². The highest BCUT2D eigenvalue weighted by molar-refractivity contribution is 5.86. The van der Waals surface area contributed by atoms with Crippen molar-refractivity contribution < 1.29 is 18.7 Å². The van der Waals surface area contributed by atoms with Gasteiger partial charge in [-0.15, -0.1) is 0 Å². The number of esters is 1. The number of unbranched alkanes of at least 4 members (excludes halogenated alkanes) is 5. The number of carbonyl (C=O) groups excluding carboxylic acids is 1. The number of allylic oxidation sites excluding steroid dienone is 2. The highest BCUT2D eigenvalue weighted by Crippen LogP contribution is 2.34. The monoisotopic (exact) mass is 423 g/mol. The molecule has 2 aromatic rings. The fourth-order valence-corrected chi connectivity index (χ4v) is 4.75. The maximum atomic E-state index is 11.7. The van der Waals surface area contributed by atoms with E-state index in [4.69, 9.17) is 13.9 Å². The summed E-state index contributed by atoms with van der Waals surface area (Å²) >= 11 is 0. The summed E-state index contributed by atoms with van der Waals surface area (Å²) in [5.74, 6) is 0.431. The molecule has 0 spiro atoms. The summed E-state index contributed by atoms with van der Waals surface area (Å²) in [5.41, 5.74) is 2.61. The Labute approximate surface area is 183 Å². The summed E-state index contributed by atoms with van der Waals surface area (Å²) < 4.78 is 16.6. The summed E-state index contributed by atoms with van der Waals surface area (Å²) in [7, 11) is 1.34. The van der Waals surface area contributed by atoms with Crippen LogP contribution in [0.3, 0.4) is 0 Å². The molecule has 5 nitrogen and oxygen atoms in total. The molecule has 2 unspecified atom stereocenters. The number of aromatic nitrogens is 1.